The molecule has 3 N–H and O–H groups in total. The summed E-state index contributed by atoms with van der Waals surface area (Å²) in [5.41, 5.74) is 0. The van der Waals surface area contributed by atoms with Crippen LogP contribution in [0.2, 0.25) is 0 Å². The zero-order valence-corrected chi connectivity index (χ0v) is 9.66. The van der Waals surface area contributed by atoms with Crippen molar-refractivity contribution in [3.05, 3.63) is 12.4 Å². The van der Waals surface area contributed by atoms with Gasteiger partial charge in [-0.1, -0.05) is 0 Å². The molecule has 0 fully saturated rings. The van der Waals surface area contributed by atoms with E-state index in [9.17, 15) is 9.59 Å². The number of anilines is 1. The third-order valence-corrected chi connectivity index (χ3v) is 1.90. The molecule has 0 amide bonds. The number of rotatable bonds is 7. The lowest BCUT2D eigenvalue weighted by Gasteiger charge is -2.13. The van der Waals surface area contributed by atoms with E-state index < -0.39 is 24.4 Å². The van der Waals surface area contributed by atoms with Crippen LogP contribution in [0, 0.1) is 0 Å². The molecular weight excluding hydrogens is 242 g/mol. The number of hydrogen-bond acceptors (Lipinski definition) is 6. The summed E-state index contributed by atoms with van der Waals surface area (Å²) in [4.78, 5) is 29.1. The van der Waals surface area contributed by atoms with Crippen LogP contribution in [0.3, 0.4) is 0 Å². The maximum absolute atomic E-state index is 10.8. The van der Waals surface area contributed by atoms with Gasteiger partial charge in [0.2, 0.25) is 5.88 Å². The van der Waals surface area contributed by atoms with Gasteiger partial charge in [-0.25, -0.2) is 4.79 Å². The number of carbonyl (C=O) groups is 2. The van der Waals surface area contributed by atoms with Crippen LogP contribution >= 0.6 is 0 Å². The maximum Gasteiger partial charge on any atom is 0.326 e. The molecule has 0 aliphatic heterocycles. The van der Waals surface area contributed by atoms with E-state index in [0.29, 0.717) is 6.61 Å². The molecule has 0 spiro atoms. The van der Waals surface area contributed by atoms with E-state index in [1.54, 1.807) is 6.92 Å². The molecule has 0 saturated heterocycles. The second-order valence-corrected chi connectivity index (χ2v) is 3.31. The van der Waals surface area contributed by atoms with E-state index in [4.69, 9.17) is 14.9 Å². The third kappa shape index (κ3) is 4.24. The highest BCUT2D eigenvalue weighted by Gasteiger charge is 2.21. The van der Waals surface area contributed by atoms with E-state index in [1.165, 1.54) is 12.4 Å². The highest BCUT2D eigenvalue weighted by Crippen LogP contribution is 2.11. The Morgan fingerprint density at radius 2 is 2.17 bits per heavy atom. The van der Waals surface area contributed by atoms with Gasteiger partial charge in [-0.05, 0) is 6.92 Å². The van der Waals surface area contributed by atoms with E-state index in [0.717, 1.165) is 0 Å². The van der Waals surface area contributed by atoms with Crippen molar-refractivity contribution in [2.24, 2.45) is 0 Å². The van der Waals surface area contributed by atoms with Crippen LogP contribution in [0.25, 0.3) is 0 Å². The average Bonchev–Trinajstić information content (AvgIpc) is 2.28. The van der Waals surface area contributed by atoms with Crippen LogP contribution in [0.1, 0.15) is 13.3 Å². The highest BCUT2D eigenvalue weighted by molar-refractivity contribution is 5.83. The molecule has 1 aromatic heterocycles. The number of hydrogen-bond donors (Lipinski definition) is 3. The summed E-state index contributed by atoms with van der Waals surface area (Å²) in [7, 11) is 0. The average molecular weight is 255 g/mol. The van der Waals surface area contributed by atoms with E-state index in [2.05, 4.69) is 15.3 Å². The normalized spacial score (nSPS) is 11.6. The summed E-state index contributed by atoms with van der Waals surface area (Å²) >= 11 is 0. The van der Waals surface area contributed by atoms with Gasteiger partial charge in [0, 0.05) is 0 Å². The summed E-state index contributed by atoms with van der Waals surface area (Å²) < 4.78 is 5.09. The quantitative estimate of drug-likeness (QED) is 0.632. The Kier molecular flexibility index (Phi) is 4.85. The second kappa shape index (κ2) is 6.38. The Morgan fingerprint density at radius 3 is 2.72 bits per heavy atom. The number of nitrogens with zero attached hydrogens (tertiary/aromatic N) is 2. The molecule has 0 bridgehead atoms. The fourth-order valence-electron chi connectivity index (χ4n) is 1.19. The van der Waals surface area contributed by atoms with Gasteiger partial charge in [-0.2, -0.15) is 4.98 Å². The zero-order valence-electron chi connectivity index (χ0n) is 9.66. The smallest absolute Gasteiger partial charge is 0.326 e. The summed E-state index contributed by atoms with van der Waals surface area (Å²) in [6.07, 6.45) is 2.11. The van der Waals surface area contributed by atoms with Gasteiger partial charge < -0.3 is 20.3 Å². The Morgan fingerprint density at radius 1 is 1.44 bits per heavy atom. The minimum atomic E-state index is -1.28. The summed E-state index contributed by atoms with van der Waals surface area (Å²) in [6.45, 7) is 2.17. The minimum absolute atomic E-state index is 0.148. The van der Waals surface area contributed by atoms with Crippen molar-refractivity contribution in [3.63, 3.8) is 0 Å². The molecule has 98 valence electrons. The fraction of sp³-hybridized carbons (Fsp3) is 0.400. The zero-order chi connectivity index (χ0) is 13.5. The number of aliphatic carboxylic acids is 2. The summed E-state index contributed by atoms with van der Waals surface area (Å²) in [6, 6.07) is -1.27. The lowest BCUT2D eigenvalue weighted by atomic mass is 10.2. The molecule has 1 aromatic rings. The van der Waals surface area contributed by atoms with Crippen LogP contribution in [0.5, 0.6) is 5.88 Å². The standard InChI is InChI=1S/C10H13N3O5/c1-2-18-8-5-11-4-7(13-8)12-6(10(16)17)3-9(14)15/h4-6H,2-3H2,1H3,(H,12,13)(H,14,15)(H,16,17). The number of carboxylic acid groups (broad SMARTS) is 2. The Hall–Kier alpha value is -2.38. The van der Waals surface area contributed by atoms with Crippen LogP contribution in [0.15, 0.2) is 12.4 Å². The first-order chi connectivity index (χ1) is 8.52. The van der Waals surface area contributed by atoms with Gasteiger partial charge >= 0.3 is 11.9 Å². The largest absolute Gasteiger partial charge is 0.481 e. The molecule has 0 saturated carbocycles. The van der Waals surface area contributed by atoms with Crippen molar-refractivity contribution in [1.82, 2.24) is 9.97 Å². The summed E-state index contributed by atoms with van der Waals surface area (Å²) in [5, 5.41) is 19.9. The molecule has 1 unspecified atom stereocenters. The number of carboxylic acids is 2. The second-order valence-electron chi connectivity index (χ2n) is 3.31. The maximum atomic E-state index is 10.8. The molecule has 1 atom stereocenters. The van der Waals surface area contributed by atoms with Crippen molar-refractivity contribution >= 4 is 17.8 Å². The lowest BCUT2D eigenvalue weighted by Crippen LogP contribution is -2.32. The predicted molar refractivity (Wildman–Crippen MR) is 60.5 cm³/mol. The van der Waals surface area contributed by atoms with Gasteiger partial charge in [0.05, 0.1) is 25.4 Å². The van der Waals surface area contributed by atoms with Gasteiger partial charge in [0.25, 0.3) is 0 Å². The van der Waals surface area contributed by atoms with E-state index in [1.807, 2.05) is 0 Å². The number of aromatic nitrogens is 2. The monoisotopic (exact) mass is 255 g/mol. The molecule has 0 aliphatic rings. The molecule has 18 heavy (non-hydrogen) atoms. The van der Waals surface area contributed by atoms with Crippen molar-refractivity contribution < 1.29 is 24.5 Å². The minimum Gasteiger partial charge on any atom is -0.481 e. The molecule has 0 aromatic carbocycles. The first kappa shape index (κ1) is 13.7. The molecule has 8 nitrogen and oxygen atoms in total. The molecular formula is C10H13N3O5. The first-order valence-electron chi connectivity index (χ1n) is 5.19. The third-order valence-electron chi connectivity index (χ3n) is 1.90. The van der Waals surface area contributed by atoms with E-state index >= 15 is 0 Å². The van der Waals surface area contributed by atoms with Crippen LogP contribution in [-0.4, -0.2) is 44.8 Å². The highest BCUT2D eigenvalue weighted by atomic mass is 16.5. The molecule has 1 rings (SSSR count). The van der Waals surface area contributed by atoms with Crippen molar-refractivity contribution in [2.45, 2.75) is 19.4 Å². The Balaban J connectivity index is 2.76. The molecule has 0 radical (unpaired) electrons. The first-order valence-corrected chi connectivity index (χ1v) is 5.19. The van der Waals surface area contributed by atoms with Gasteiger partial charge in [0.15, 0.2) is 0 Å². The Bertz CT molecular complexity index is 437. The molecule has 1 heterocycles. The van der Waals surface area contributed by atoms with Crippen molar-refractivity contribution in [2.75, 3.05) is 11.9 Å². The van der Waals surface area contributed by atoms with Gasteiger partial charge in [0.1, 0.15) is 11.9 Å². The Labute approximate surface area is 103 Å². The predicted octanol–water partition coefficient (Wildman–Crippen LogP) is 0.215. The van der Waals surface area contributed by atoms with E-state index in [-0.39, 0.29) is 11.7 Å². The fourth-order valence-corrected chi connectivity index (χ4v) is 1.19. The number of nitrogens with one attached hydrogen (secondary N) is 1. The van der Waals surface area contributed by atoms with Crippen LogP contribution in [-0.2, 0) is 9.59 Å². The molecule has 8 heteroatoms. The van der Waals surface area contributed by atoms with Crippen LogP contribution in [0.4, 0.5) is 5.82 Å². The lowest BCUT2D eigenvalue weighted by molar-refractivity contribution is -0.144. The number of ether oxygens (including phenoxy) is 1. The van der Waals surface area contributed by atoms with Crippen molar-refractivity contribution in [1.29, 1.82) is 0 Å². The van der Waals surface area contributed by atoms with Crippen molar-refractivity contribution in [3.8, 4) is 5.88 Å². The topological polar surface area (TPSA) is 122 Å². The SMILES string of the molecule is CCOc1cncc(NC(CC(=O)O)C(=O)O)n1. The summed E-state index contributed by atoms with van der Waals surface area (Å²) in [5.74, 6) is -2.11. The van der Waals surface area contributed by atoms with Gasteiger partial charge in [-0.3, -0.25) is 9.78 Å². The molecule has 0 aliphatic carbocycles. The van der Waals surface area contributed by atoms with Crippen LogP contribution < -0.4 is 10.1 Å². The van der Waals surface area contributed by atoms with Gasteiger partial charge in [-0.15, -0.1) is 0 Å².